The number of hydrogen-bond donors (Lipinski definition) is 2. The molecule has 39 heavy (non-hydrogen) atoms. The molecule has 7 rings (SSSR count). The van der Waals surface area contributed by atoms with Gasteiger partial charge in [0.2, 0.25) is 0 Å². The van der Waals surface area contributed by atoms with Gasteiger partial charge in [-0.25, -0.2) is 9.37 Å². The van der Waals surface area contributed by atoms with E-state index in [1.165, 1.54) is 0 Å². The normalized spacial score (nSPS) is 17.3. The number of nitrogens with one attached hydrogen (secondary N) is 2. The Labute approximate surface area is 231 Å². The second kappa shape index (κ2) is 9.15. The number of hydrogen-bond acceptors (Lipinski definition) is 6. The predicted octanol–water partition coefficient (Wildman–Crippen LogP) is 5.21. The van der Waals surface area contributed by atoms with Crippen LogP contribution >= 0.6 is 11.6 Å². The number of piperidine rings is 1. The summed E-state index contributed by atoms with van der Waals surface area (Å²) in [4.78, 5) is 9.47. The molecule has 0 spiro atoms. The summed E-state index contributed by atoms with van der Waals surface area (Å²) in [6.07, 6.45) is 5.59. The first kappa shape index (κ1) is 24.7. The maximum atomic E-state index is 16.9. The number of aryl methyl sites for hydroxylation is 1. The van der Waals surface area contributed by atoms with E-state index in [1.54, 1.807) is 6.20 Å². The fourth-order valence-electron chi connectivity index (χ4n) is 6.26. The van der Waals surface area contributed by atoms with Crippen LogP contribution < -0.4 is 10.2 Å². The van der Waals surface area contributed by atoms with Crippen LogP contribution in [0.5, 0.6) is 0 Å². The van der Waals surface area contributed by atoms with Gasteiger partial charge in [0.15, 0.2) is 5.82 Å². The van der Waals surface area contributed by atoms with Crippen LogP contribution in [0.4, 0.5) is 10.2 Å². The first-order valence-electron chi connectivity index (χ1n) is 13.6. The zero-order valence-electron chi connectivity index (χ0n) is 22.6. The maximum absolute atomic E-state index is 16.9. The third kappa shape index (κ3) is 3.74. The molecule has 0 amide bonds. The number of aromatic nitrogens is 5. The minimum atomic E-state index is -0.403. The number of pyridine rings is 1. The van der Waals surface area contributed by atoms with Gasteiger partial charge in [-0.05, 0) is 77.1 Å². The third-order valence-corrected chi connectivity index (χ3v) is 9.06. The Morgan fingerprint density at radius 2 is 1.79 bits per heavy atom. The van der Waals surface area contributed by atoms with Crippen LogP contribution in [0.3, 0.4) is 0 Å². The largest absolute Gasteiger partial charge is 0.353 e. The van der Waals surface area contributed by atoms with Crippen molar-refractivity contribution in [3.05, 3.63) is 46.5 Å². The predicted molar refractivity (Wildman–Crippen MR) is 155 cm³/mol. The Kier molecular flexibility index (Phi) is 5.80. The van der Waals surface area contributed by atoms with Crippen LogP contribution in [0.2, 0.25) is 5.02 Å². The van der Waals surface area contributed by atoms with Crippen molar-refractivity contribution in [2.75, 3.05) is 45.2 Å². The van der Waals surface area contributed by atoms with Gasteiger partial charge in [-0.3, -0.25) is 9.78 Å². The van der Waals surface area contributed by atoms with Gasteiger partial charge in [-0.15, -0.1) is 0 Å². The lowest BCUT2D eigenvalue weighted by atomic mass is 9.92. The molecule has 8 nitrogen and oxygen atoms in total. The van der Waals surface area contributed by atoms with Crippen LogP contribution in [0.15, 0.2) is 24.5 Å². The van der Waals surface area contributed by atoms with E-state index in [0.717, 1.165) is 83.3 Å². The van der Waals surface area contributed by atoms with E-state index in [2.05, 4.69) is 44.1 Å². The van der Waals surface area contributed by atoms with Crippen LogP contribution in [-0.2, 0) is 0 Å². The number of fused-ring (bicyclic) bond motifs is 4. The Bertz CT molecular complexity index is 1740. The van der Waals surface area contributed by atoms with Crippen molar-refractivity contribution < 1.29 is 4.39 Å². The number of benzene rings is 2. The summed E-state index contributed by atoms with van der Waals surface area (Å²) in [6, 6.07) is 4.60. The Morgan fingerprint density at radius 3 is 2.54 bits per heavy atom. The monoisotopic (exact) mass is 546 g/mol. The summed E-state index contributed by atoms with van der Waals surface area (Å²) in [5.41, 5.74) is 5.25. The Hall–Kier alpha value is -3.27. The highest BCUT2D eigenvalue weighted by molar-refractivity contribution is 6.35. The maximum Gasteiger partial charge on any atom is 0.158 e. The van der Waals surface area contributed by atoms with Gasteiger partial charge in [-0.1, -0.05) is 11.6 Å². The van der Waals surface area contributed by atoms with E-state index in [-0.39, 0.29) is 6.04 Å². The van der Waals surface area contributed by atoms with Crippen LogP contribution in [0.1, 0.15) is 30.0 Å². The highest BCUT2D eigenvalue weighted by Gasteiger charge is 2.33. The van der Waals surface area contributed by atoms with Gasteiger partial charge < -0.3 is 15.1 Å². The summed E-state index contributed by atoms with van der Waals surface area (Å²) >= 11 is 6.98. The van der Waals surface area contributed by atoms with Gasteiger partial charge in [0.05, 0.1) is 39.9 Å². The topological polar surface area (TPSA) is 77.9 Å². The lowest BCUT2D eigenvalue weighted by molar-refractivity contribution is 0.246. The molecule has 2 aliphatic heterocycles. The molecule has 2 aromatic carbocycles. The number of nitrogens with zero attached hydrogens (tertiary/aromatic N) is 6. The average Bonchev–Trinajstić information content (AvgIpc) is 3.54. The zero-order valence-corrected chi connectivity index (χ0v) is 23.4. The van der Waals surface area contributed by atoms with Gasteiger partial charge >= 0.3 is 0 Å². The molecule has 2 aliphatic rings. The lowest BCUT2D eigenvalue weighted by Crippen LogP contribution is -2.57. The van der Waals surface area contributed by atoms with E-state index >= 15 is 4.39 Å². The molecular weight excluding hydrogens is 515 g/mol. The lowest BCUT2D eigenvalue weighted by Gasteiger charge is -2.43. The Balaban J connectivity index is 1.52. The molecular formula is C29H32ClFN8. The quantitative estimate of drug-likeness (QED) is 0.322. The number of H-pyrrole nitrogens is 1. The molecule has 2 fully saturated rings. The zero-order chi connectivity index (χ0) is 27.0. The van der Waals surface area contributed by atoms with Crippen molar-refractivity contribution in [1.82, 2.24) is 35.2 Å². The van der Waals surface area contributed by atoms with Gasteiger partial charge in [-0.2, -0.15) is 10.2 Å². The van der Waals surface area contributed by atoms with Gasteiger partial charge in [0.25, 0.3) is 0 Å². The minimum Gasteiger partial charge on any atom is -0.353 e. The fourth-order valence-corrected chi connectivity index (χ4v) is 6.55. The minimum absolute atomic E-state index is 0.235. The van der Waals surface area contributed by atoms with Crippen molar-refractivity contribution in [2.24, 2.45) is 0 Å². The molecule has 0 radical (unpaired) electrons. The molecule has 0 atom stereocenters. The molecule has 0 aliphatic carbocycles. The SMILES string of the molecule is Cc1cc2[nH]ncc2c(-c2c(Cl)cc3c(nc(N4CC(N(C)C)C4)c4cnn(C5CCNCC5)c43)c2F)c1C. The van der Waals surface area contributed by atoms with E-state index in [0.29, 0.717) is 27.5 Å². The van der Waals surface area contributed by atoms with E-state index in [9.17, 15) is 0 Å². The van der Waals surface area contributed by atoms with Gasteiger partial charge in [0, 0.05) is 41.0 Å². The summed E-state index contributed by atoms with van der Waals surface area (Å²) in [7, 11) is 4.19. The fraction of sp³-hybridized carbons (Fsp3) is 0.414. The summed E-state index contributed by atoms with van der Waals surface area (Å²) in [6.45, 7) is 7.58. The molecule has 10 heteroatoms. The van der Waals surface area contributed by atoms with Crippen molar-refractivity contribution in [3.8, 4) is 11.1 Å². The van der Waals surface area contributed by atoms with Crippen molar-refractivity contribution >= 4 is 50.1 Å². The van der Waals surface area contributed by atoms with E-state index in [1.807, 2.05) is 32.2 Å². The number of rotatable bonds is 4. The highest BCUT2D eigenvalue weighted by Crippen LogP contribution is 2.44. The smallest absolute Gasteiger partial charge is 0.158 e. The molecule has 5 heterocycles. The number of anilines is 1. The standard InChI is InChI=1S/C29H32ClFN8/c1-15-9-23-20(11-33-36-23)24(16(15)2)25-22(30)10-19-27(26(25)31)35-29(38-13-18(14-38)37(3)4)21-12-34-39(28(19)21)17-5-7-32-8-6-17/h9-12,17-18,32H,5-8,13-14H2,1-4H3,(H,33,36). The highest BCUT2D eigenvalue weighted by atomic mass is 35.5. The molecule has 5 aromatic rings. The van der Waals surface area contributed by atoms with Gasteiger partial charge in [0.1, 0.15) is 11.3 Å². The first-order chi connectivity index (χ1) is 18.8. The second-order valence-electron chi connectivity index (χ2n) is 11.3. The van der Waals surface area contributed by atoms with E-state index in [4.69, 9.17) is 21.7 Å². The number of aromatic amines is 1. The summed E-state index contributed by atoms with van der Waals surface area (Å²) in [5, 5.41) is 18.4. The average molecular weight is 547 g/mol. The number of likely N-dealkylation sites (N-methyl/N-ethyl adjacent to an activating group) is 1. The van der Waals surface area contributed by atoms with Crippen LogP contribution in [0, 0.1) is 19.7 Å². The van der Waals surface area contributed by atoms with Crippen LogP contribution in [-0.4, -0.2) is 76.2 Å². The molecule has 0 unspecified atom stereocenters. The molecule has 3 aromatic heterocycles. The van der Waals surface area contributed by atoms with Crippen molar-refractivity contribution in [3.63, 3.8) is 0 Å². The molecule has 2 N–H and O–H groups in total. The molecule has 202 valence electrons. The number of halogens is 2. The summed E-state index contributed by atoms with van der Waals surface area (Å²) < 4.78 is 19.0. The molecule has 0 bridgehead atoms. The summed E-state index contributed by atoms with van der Waals surface area (Å²) in [5.74, 6) is 0.386. The molecule has 0 saturated carbocycles. The first-order valence-corrected chi connectivity index (χ1v) is 14.0. The second-order valence-corrected chi connectivity index (χ2v) is 11.7. The molecule has 2 saturated heterocycles. The Morgan fingerprint density at radius 1 is 1.03 bits per heavy atom. The van der Waals surface area contributed by atoms with Crippen molar-refractivity contribution in [1.29, 1.82) is 0 Å². The third-order valence-electron chi connectivity index (χ3n) is 8.76. The van der Waals surface area contributed by atoms with E-state index < -0.39 is 5.82 Å². The van der Waals surface area contributed by atoms with Crippen LogP contribution in [0.25, 0.3) is 43.8 Å². The van der Waals surface area contributed by atoms with Crippen molar-refractivity contribution in [2.45, 2.75) is 38.8 Å².